The number of nitrogens with one attached hydrogen (secondary N) is 1. The van der Waals surface area contributed by atoms with Gasteiger partial charge in [0, 0.05) is 10.9 Å². The number of rotatable bonds is 7. The number of halogens is 1. The molecule has 2 atom stereocenters. The van der Waals surface area contributed by atoms with Crippen LogP contribution in [-0.2, 0) is 16.1 Å². The van der Waals surface area contributed by atoms with Crippen LogP contribution in [0.25, 0.3) is 0 Å². The van der Waals surface area contributed by atoms with Crippen molar-refractivity contribution >= 4 is 23.7 Å². The van der Waals surface area contributed by atoms with E-state index in [4.69, 9.17) is 16.3 Å². The molecule has 1 saturated carbocycles. The van der Waals surface area contributed by atoms with Gasteiger partial charge in [0.1, 0.15) is 12.6 Å². The Morgan fingerprint density at radius 2 is 1.78 bits per heavy atom. The second kappa shape index (κ2) is 8.01. The molecule has 2 aromatic carbocycles. The van der Waals surface area contributed by atoms with E-state index < -0.39 is 24.0 Å². The minimum absolute atomic E-state index is 0.0764. The topological polar surface area (TPSA) is 75.6 Å². The molecule has 0 heterocycles. The molecule has 2 N–H and O–H groups in total. The highest BCUT2D eigenvalue weighted by Crippen LogP contribution is 2.57. The van der Waals surface area contributed by atoms with Crippen LogP contribution in [-0.4, -0.2) is 23.2 Å². The summed E-state index contributed by atoms with van der Waals surface area (Å²) in [7, 11) is 0. The fraction of sp³-hybridized carbons (Fsp3) is 0.333. The Hall–Kier alpha value is -2.53. The van der Waals surface area contributed by atoms with Crippen LogP contribution in [0.4, 0.5) is 4.79 Å². The summed E-state index contributed by atoms with van der Waals surface area (Å²) in [5, 5.41) is 12.8. The van der Waals surface area contributed by atoms with Crippen molar-refractivity contribution in [1.82, 2.24) is 5.32 Å². The molecule has 0 spiro atoms. The number of carbonyl (C=O) groups is 2. The summed E-state index contributed by atoms with van der Waals surface area (Å²) in [5.74, 6) is -1.54. The molecule has 2 aromatic rings. The Labute approximate surface area is 163 Å². The molecule has 0 unspecified atom stereocenters. The second-order valence-corrected chi connectivity index (χ2v) is 7.58. The van der Waals surface area contributed by atoms with Gasteiger partial charge in [0.2, 0.25) is 0 Å². The van der Waals surface area contributed by atoms with Crippen molar-refractivity contribution < 1.29 is 19.4 Å². The van der Waals surface area contributed by atoms with Crippen LogP contribution in [0.1, 0.15) is 36.8 Å². The molecule has 1 aliphatic rings. The molecule has 27 heavy (non-hydrogen) atoms. The summed E-state index contributed by atoms with van der Waals surface area (Å²) in [6.45, 7) is 2.10. The van der Waals surface area contributed by atoms with Gasteiger partial charge in [-0.3, -0.25) is 0 Å². The lowest BCUT2D eigenvalue weighted by Gasteiger charge is -2.31. The lowest BCUT2D eigenvalue weighted by Crippen LogP contribution is -2.47. The van der Waals surface area contributed by atoms with Crippen molar-refractivity contribution in [3.8, 4) is 0 Å². The summed E-state index contributed by atoms with van der Waals surface area (Å²) in [6.07, 6.45) is 1.01. The van der Waals surface area contributed by atoms with Gasteiger partial charge < -0.3 is 15.2 Å². The van der Waals surface area contributed by atoms with E-state index in [-0.39, 0.29) is 12.0 Å². The van der Waals surface area contributed by atoms with E-state index in [0.717, 1.165) is 24.0 Å². The number of aliphatic carboxylic acids is 1. The maximum Gasteiger partial charge on any atom is 0.408 e. The zero-order chi connectivity index (χ0) is 19.4. The Balaban J connectivity index is 1.77. The van der Waals surface area contributed by atoms with E-state index in [1.54, 1.807) is 12.1 Å². The lowest BCUT2D eigenvalue weighted by atomic mass is 9.79. The molecule has 5 nitrogen and oxygen atoms in total. The molecule has 0 radical (unpaired) electrons. The third kappa shape index (κ3) is 4.61. The van der Waals surface area contributed by atoms with Gasteiger partial charge in [0.15, 0.2) is 0 Å². The first-order chi connectivity index (χ1) is 12.9. The van der Waals surface area contributed by atoms with Gasteiger partial charge in [0.05, 0.1) is 0 Å². The lowest BCUT2D eigenvalue weighted by molar-refractivity contribution is -0.140. The number of carboxylic acids is 1. The highest BCUT2D eigenvalue weighted by Gasteiger charge is 2.51. The smallest absolute Gasteiger partial charge is 0.408 e. The number of hydrogen-bond acceptors (Lipinski definition) is 3. The van der Waals surface area contributed by atoms with Gasteiger partial charge in [-0.1, -0.05) is 67.1 Å². The molecule has 1 aliphatic carbocycles. The van der Waals surface area contributed by atoms with E-state index in [0.29, 0.717) is 5.02 Å². The summed E-state index contributed by atoms with van der Waals surface area (Å²) >= 11 is 6.34. The third-order valence-corrected chi connectivity index (χ3v) is 5.46. The first kappa shape index (κ1) is 19.2. The SMILES string of the molecule is CC1([C@H](c2ccccc2Cl)[C@H](NC(=O)OCc2ccccc2)C(=O)O)CC1. The largest absolute Gasteiger partial charge is 0.480 e. The molecule has 1 amide bonds. The summed E-state index contributed by atoms with van der Waals surface area (Å²) in [6, 6.07) is 15.3. The average Bonchev–Trinajstić information content (AvgIpc) is 3.40. The first-order valence-corrected chi connectivity index (χ1v) is 9.23. The van der Waals surface area contributed by atoms with Crippen molar-refractivity contribution in [2.24, 2.45) is 5.41 Å². The van der Waals surface area contributed by atoms with Gasteiger partial charge >= 0.3 is 12.1 Å². The van der Waals surface area contributed by atoms with E-state index in [9.17, 15) is 14.7 Å². The quantitative estimate of drug-likeness (QED) is 0.727. The highest BCUT2D eigenvalue weighted by atomic mass is 35.5. The van der Waals surface area contributed by atoms with Crippen molar-refractivity contribution in [1.29, 1.82) is 0 Å². The van der Waals surface area contributed by atoms with Gasteiger partial charge in [-0.15, -0.1) is 0 Å². The zero-order valence-corrected chi connectivity index (χ0v) is 15.8. The van der Waals surface area contributed by atoms with Crippen LogP contribution in [0.2, 0.25) is 5.02 Å². The van der Waals surface area contributed by atoms with E-state index in [2.05, 4.69) is 5.32 Å². The number of carboxylic acid groups (broad SMARTS) is 1. The maximum atomic E-state index is 12.3. The Morgan fingerprint density at radius 1 is 1.15 bits per heavy atom. The number of ether oxygens (including phenoxy) is 1. The predicted molar refractivity (Wildman–Crippen MR) is 103 cm³/mol. The molecule has 142 valence electrons. The van der Waals surface area contributed by atoms with Crippen LogP contribution >= 0.6 is 11.6 Å². The molecule has 3 rings (SSSR count). The van der Waals surface area contributed by atoms with Crippen molar-refractivity contribution in [2.45, 2.75) is 38.3 Å². The van der Waals surface area contributed by atoms with Crippen LogP contribution < -0.4 is 5.32 Å². The molecule has 0 aliphatic heterocycles. The third-order valence-electron chi connectivity index (χ3n) is 5.12. The minimum Gasteiger partial charge on any atom is -0.480 e. The average molecular weight is 388 g/mol. The molecule has 6 heteroatoms. The highest BCUT2D eigenvalue weighted by molar-refractivity contribution is 6.31. The van der Waals surface area contributed by atoms with E-state index in [1.165, 1.54) is 0 Å². The molecular weight excluding hydrogens is 366 g/mol. The predicted octanol–water partition coefficient (Wildman–Crippen LogP) is 4.60. The minimum atomic E-state index is -1.12. The summed E-state index contributed by atoms with van der Waals surface area (Å²) in [4.78, 5) is 24.3. The molecular formula is C21H22ClNO4. The number of amides is 1. The van der Waals surface area contributed by atoms with E-state index in [1.807, 2.05) is 49.4 Å². The first-order valence-electron chi connectivity index (χ1n) is 8.85. The number of carbonyl (C=O) groups excluding carboxylic acids is 1. The molecule has 1 fully saturated rings. The molecule has 0 saturated heterocycles. The number of benzene rings is 2. The van der Waals surface area contributed by atoms with Crippen LogP contribution in [0.5, 0.6) is 0 Å². The second-order valence-electron chi connectivity index (χ2n) is 7.18. The standard InChI is InChI=1S/C21H22ClNO4/c1-21(11-12-21)17(15-9-5-6-10-16(15)22)18(19(24)25)23-20(26)27-13-14-7-3-2-4-8-14/h2-10,17-18H,11-13H2,1H3,(H,23,26)(H,24,25)/t17-,18+/m1/s1. The normalized spacial score (nSPS) is 16.8. The van der Waals surface area contributed by atoms with Gasteiger partial charge in [0.25, 0.3) is 0 Å². The summed E-state index contributed by atoms with van der Waals surface area (Å²) < 4.78 is 5.21. The number of hydrogen-bond donors (Lipinski definition) is 2. The van der Waals surface area contributed by atoms with E-state index >= 15 is 0 Å². The van der Waals surface area contributed by atoms with Crippen molar-refractivity contribution in [3.05, 3.63) is 70.7 Å². The Bertz CT molecular complexity index is 820. The summed E-state index contributed by atoms with van der Waals surface area (Å²) in [5.41, 5.74) is 1.34. The maximum absolute atomic E-state index is 12.3. The Kier molecular flexibility index (Phi) is 5.71. The fourth-order valence-corrected chi connectivity index (χ4v) is 3.63. The Morgan fingerprint density at radius 3 is 2.37 bits per heavy atom. The van der Waals surface area contributed by atoms with Gasteiger partial charge in [-0.05, 0) is 35.4 Å². The zero-order valence-electron chi connectivity index (χ0n) is 15.0. The van der Waals surface area contributed by atoms with Crippen LogP contribution in [0.3, 0.4) is 0 Å². The molecule has 0 aromatic heterocycles. The molecule has 0 bridgehead atoms. The van der Waals surface area contributed by atoms with Crippen LogP contribution in [0, 0.1) is 5.41 Å². The fourth-order valence-electron chi connectivity index (χ4n) is 3.37. The van der Waals surface area contributed by atoms with Gasteiger partial charge in [-0.25, -0.2) is 9.59 Å². The van der Waals surface area contributed by atoms with Gasteiger partial charge in [-0.2, -0.15) is 0 Å². The monoisotopic (exact) mass is 387 g/mol. The number of alkyl carbamates (subject to hydrolysis) is 1. The van der Waals surface area contributed by atoms with Crippen molar-refractivity contribution in [2.75, 3.05) is 0 Å². The van der Waals surface area contributed by atoms with Crippen molar-refractivity contribution in [3.63, 3.8) is 0 Å². The van der Waals surface area contributed by atoms with Crippen LogP contribution in [0.15, 0.2) is 54.6 Å².